The Morgan fingerprint density at radius 3 is 2.81 bits per heavy atom. The first kappa shape index (κ1) is 18.1. The topological polar surface area (TPSA) is 86.9 Å². The van der Waals surface area contributed by atoms with Crippen LogP contribution in [0.3, 0.4) is 0 Å². The number of hydrogen-bond donors (Lipinski definition) is 1. The summed E-state index contributed by atoms with van der Waals surface area (Å²) in [6.45, 7) is 2.92. The number of hydrogen-bond acceptors (Lipinski definition) is 7. The monoisotopic (exact) mass is 359 g/mol. The van der Waals surface area contributed by atoms with Crippen LogP contribution in [0, 0.1) is 0 Å². The summed E-state index contributed by atoms with van der Waals surface area (Å²) >= 11 is 0. The number of esters is 1. The molecule has 0 aliphatic carbocycles. The highest BCUT2D eigenvalue weighted by molar-refractivity contribution is 6.04. The summed E-state index contributed by atoms with van der Waals surface area (Å²) in [6, 6.07) is 3.37. The van der Waals surface area contributed by atoms with Gasteiger partial charge in [0.2, 0.25) is 0 Å². The first-order valence-electron chi connectivity index (χ1n) is 8.84. The van der Waals surface area contributed by atoms with E-state index in [1.54, 1.807) is 20.4 Å². The Morgan fingerprint density at radius 1 is 1.31 bits per heavy atom. The summed E-state index contributed by atoms with van der Waals surface area (Å²) < 4.78 is 16.1. The number of nitrogens with zero attached hydrogens (tertiary/aromatic N) is 2. The smallest absolute Gasteiger partial charge is 0.328 e. The van der Waals surface area contributed by atoms with Crippen LogP contribution in [0.4, 0.5) is 11.5 Å². The number of carbonyl (C=O) groups excluding carboxylic acids is 1. The maximum Gasteiger partial charge on any atom is 0.328 e. The standard InChI is InChI=1S/C19H25N3O4/c1-4-26-19(23)14-7-5-6-10-22(14)18-13-11-15(24-2)17(25-3)16(20)12(13)8-9-21-18/h8-9,11,14H,4-7,10,20H2,1-3H3. The lowest BCUT2D eigenvalue weighted by molar-refractivity contribution is -0.145. The van der Waals surface area contributed by atoms with Crippen molar-refractivity contribution in [3.8, 4) is 11.5 Å². The Bertz CT molecular complexity index is 809. The van der Waals surface area contributed by atoms with Gasteiger partial charge in [0, 0.05) is 23.5 Å². The maximum absolute atomic E-state index is 12.4. The van der Waals surface area contributed by atoms with Crippen LogP contribution in [0.2, 0.25) is 0 Å². The number of carbonyl (C=O) groups is 1. The highest BCUT2D eigenvalue weighted by Crippen LogP contribution is 2.42. The van der Waals surface area contributed by atoms with Crippen LogP contribution in [0.1, 0.15) is 26.2 Å². The molecule has 7 nitrogen and oxygen atoms in total. The lowest BCUT2D eigenvalue weighted by Gasteiger charge is -2.35. The Kier molecular flexibility index (Phi) is 5.35. The molecule has 0 bridgehead atoms. The molecule has 1 unspecified atom stereocenters. The van der Waals surface area contributed by atoms with E-state index >= 15 is 0 Å². The molecule has 2 N–H and O–H groups in total. The van der Waals surface area contributed by atoms with E-state index in [-0.39, 0.29) is 12.0 Å². The van der Waals surface area contributed by atoms with Crippen LogP contribution in [0.5, 0.6) is 11.5 Å². The number of rotatable bonds is 5. The predicted molar refractivity (Wildman–Crippen MR) is 101 cm³/mol. The Hall–Kier alpha value is -2.70. The SMILES string of the molecule is CCOC(=O)C1CCCCN1c1nccc2c(N)c(OC)c(OC)cc12. The molecule has 1 aliphatic rings. The number of piperidine rings is 1. The van der Waals surface area contributed by atoms with Crippen molar-refractivity contribution in [3.63, 3.8) is 0 Å². The minimum Gasteiger partial charge on any atom is -0.493 e. The summed E-state index contributed by atoms with van der Waals surface area (Å²) in [6.07, 6.45) is 4.44. The Morgan fingerprint density at radius 2 is 2.12 bits per heavy atom. The first-order valence-corrected chi connectivity index (χ1v) is 8.84. The molecule has 140 valence electrons. The quantitative estimate of drug-likeness (QED) is 0.649. The summed E-state index contributed by atoms with van der Waals surface area (Å²) in [4.78, 5) is 19.0. The van der Waals surface area contributed by atoms with E-state index in [2.05, 4.69) is 4.98 Å². The van der Waals surface area contributed by atoms with Crippen LogP contribution < -0.4 is 20.1 Å². The van der Waals surface area contributed by atoms with Gasteiger partial charge < -0.3 is 24.8 Å². The summed E-state index contributed by atoms with van der Waals surface area (Å²) in [7, 11) is 3.13. The highest BCUT2D eigenvalue weighted by Gasteiger charge is 2.32. The first-order chi connectivity index (χ1) is 12.6. The fourth-order valence-electron chi connectivity index (χ4n) is 3.55. The second kappa shape index (κ2) is 7.68. The number of ether oxygens (including phenoxy) is 3. The van der Waals surface area contributed by atoms with Gasteiger partial charge in [0.25, 0.3) is 0 Å². The van der Waals surface area contributed by atoms with Crippen molar-refractivity contribution < 1.29 is 19.0 Å². The Balaban J connectivity index is 2.14. The molecule has 1 aliphatic heterocycles. The van der Waals surface area contributed by atoms with E-state index < -0.39 is 0 Å². The summed E-state index contributed by atoms with van der Waals surface area (Å²) in [5.74, 6) is 1.54. The maximum atomic E-state index is 12.4. The largest absolute Gasteiger partial charge is 0.493 e. The second-order valence-electron chi connectivity index (χ2n) is 6.21. The number of anilines is 2. The van der Waals surface area contributed by atoms with E-state index in [1.165, 1.54) is 0 Å². The van der Waals surface area contributed by atoms with Crippen molar-refractivity contribution in [3.05, 3.63) is 18.3 Å². The van der Waals surface area contributed by atoms with Gasteiger partial charge in [-0.2, -0.15) is 0 Å². The molecule has 0 amide bonds. The molecular formula is C19H25N3O4. The molecule has 1 fully saturated rings. The molecule has 1 saturated heterocycles. The third-order valence-electron chi connectivity index (χ3n) is 4.76. The van der Waals surface area contributed by atoms with Crippen molar-refractivity contribution in [2.75, 3.05) is 38.0 Å². The molecular weight excluding hydrogens is 334 g/mol. The molecule has 1 atom stereocenters. The molecule has 7 heteroatoms. The minimum atomic E-state index is -0.337. The molecule has 3 rings (SSSR count). The van der Waals surface area contributed by atoms with Crippen molar-refractivity contribution in [1.29, 1.82) is 0 Å². The van der Waals surface area contributed by atoms with Gasteiger partial charge in [0.05, 0.1) is 26.5 Å². The Labute approximate surface area is 153 Å². The second-order valence-corrected chi connectivity index (χ2v) is 6.21. The highest BCUT2D eigenvalue weighted by atomic mass is 16.5. The van der Waals surface area contributed by atoms with Gasteiger partial charge in [0.15, 0.2) is 11.5 Å². The summed E-state index contributed by atoms with van der Waals surface area (Å²) in [5, 5.41) is 1.65. The van der Waals surface area contributed by atoms with E-state index in [4.69, 9.17) is 19.9 Å². The zero-order valence-electron chi connectivity index (χ0n) is 15.4. The molecule has 0 radical (unpaired) electrons. The van der Waals surface area contributed by atoms with Gasteiger partial charge >= 0.3 is 5.97 Å². The van der Waals surface area contributed by atoms with Crippen LogP contribution in [-0.2, 0) is 9.53 Å². The average Bonchev–Trinajstić information content (AvgIpc) is 2.67. The number of nitrogen functional groups attached to an aromatic ring is 1. The van der Waals surface area contributed by atoms with Crippen LogP contribution in [-0.4, -0.2) is 44.4 Å². The normalized spacial score (nSPS) is 17.2. The third kappa shape index (κ3) is 3.09. The van der Waals surface area contributed by atoms with E-state index in [0.717, 1.165) is 36.6 Å². The predicted octanol–water partition coefficient (Wildman–Crippen LogP) is 2.76. The fraction of sp³-hybridized carbons (Fsp3) is 0.474. The average molecular weight is 359 g/mol. The molecule has 2 heterocycles. The minimum absolute atomic E-state index is 0.209. The lowest BCUT2D eigenvalue weighted by Crippen LogP contribution is -2.46. The molecule has 0 spiro atoms. The van der Waals surface area contributed by atoms with Gasteiger partial charge in [0.1, 0.15) is 11.9 Å². The number of aromatic nitrogens is 1. The number of methoxy groups -OCH3 is 2. The van der Waals surface area contributed by atoms with Gasteiger partial charge in [-0.1, -0.05) is 0 Å². The number of benzene rings is 1. The van der Waals surface area contributed by atoms with Gasteiger partial charge in [-0.3, -0.25) is 0 Å². The van der Waals surface area contributed by atoms with Gasteiger partial charge in [-0.05, 0) is 38.3 Å². The zero-order valence-corrected chi connectivity index (χ0v) is 15.4. The number of nitrogens with two attached hydrogens (primary N) is 1. The van der Waals surface area contributed by atoms with Crippen LogP contribution in [0.25, 0.3) is 10.8 Å². The van der Waals surface area contributed by atoms with E-state index in [1.807, 2.05) is 24.0 Å². The number of pyridine rings is 1. The molecule has 1 aromatic heterocycles. The molecule has 0 saturated carbocycles. The van der Waals surface area contributed by atoms with E-state index in [0.29, 0.717) is 29.6 Å². The van der Waals surface area contributed by atoms with Crippen molar-refractivity contribution in [2.24, 2.45) is 0 Å². The lowest BCUT2D eigenvalue weighted by atomic mass is 10.0. The van der Waals surface area contributed by atoms with Crippen LogP contribution >= 0.6 is 0 Å². The van der Waals surface area contributed by atoms with Crippen LogP contribution in [0.15, 0.2) is 18.3 Å². The molecule has 2 aromatic rings. The third-order valence-corrected chi connectivity index (χ3v) is 4.76. The van der Waals surface area contributed by atoms with Crippen molar-refractivity contribution in [1.82, 2.24) is 4.98 Å². The zero-order chi connectivity index (χ0) is 18.7. The molecule has 26 heavy (non-hydrogen) atoms. The van der Waals surface area contributed by atoms with E-state index in [9.17, 15) is 4.79 Å². The van der Waals surface area contributed by atoms with Gasteiger partial charge in [-0.25, -0.2) is 9.78 Å². The number of fused-ring (bicyclic) bond motifs is 1. The summed E-state index contributed by atoms with van der Waals surface area (Å²) in [5.41, 5.74) is 6.80. The van der Waals surface area contributed by atoms with Crippen molar-refractivity contribution >= 4 is 28.2 Å². The molecule has 1 aromatic carbocycles. The van der Waals surface area contributed by atoms with Gasteiger partial charge in [-0.15, -0.1) is 0 Å². The van der Waals surface area contributed by atoms with Crippen molar-refractivity contribution in [2.45, 2.75) is 32.2 Å². The fourth-order valence-corrected chi connectivity index (χ4v) is 3.55.